The van der Waals surface area contributed by atoms with E-state index < -0.39 is 0 Å². The quantitative estimate of drug-likeness (QED) is 0.882. The molecule has 2 rings (SSSR count). The largest absolute Gasteiger partial charge is 0.366 e. The third kappa shape index (κ3) is 3.71. The summed E-state index contributed by atoms with van der Waals surface area (Å²) >= 11 is 0. The Hall–Kier alpha value is -1.60. The molecule has 2 heterocycles. The number of piperidine rings is 1. The fourth-order valence-corrected chi connectivity index (χ4v) is 2.37. The zero-order chi connectivity index (χ0) is 12.8. The summed E-state index contributed by atoms with van der Waals surface area (Å²) in [6.07, 6.45) is 5.62. The SMILES string of the molecule is CC(CN1CCCCC1)Nc1ccc(C#N)cn1. The molecule has 1 unspecified atom stereocenters. The molecule has 0 aliphatic carbocycles. The highest BCUT2D eigenvalue weighted by molar-refractivity contribution is 5.39. The first-order chi connectivity index (χ1) is 8.78. The van der Waals surface area contributed by atoms with E-state index >= 15 is 0 Å². The molecule has 0 aromatic carbocycles. The first kappa shape index (κ1) is 12.8. The molecule has 0 amide bonds. The number of likely N-dealkylation sites (tertiary alicyclic amines) is 1. The second-order valence-corrected chi connectivity index (χ2v) is 4.95. The van der Waals surface area contributed by atoms with E-state index in [0.29, 0.717) is 11.6 Å². The van der Waals surface area contributed by atoms with E-state index in [1.165, 1.54) is 32.4 Å². The van der Waals surface area contributed by atoms with Crippen LogP contribution in [0.25, 0.3) is 0 Å². The number of aromatic nitrogens is 1. The van der Waals surface area contributed by atoms with Gasteiger partial charge in [0.2, 0.25) is 0 Å². The second-order valence-electron chi connectivity index (χ2n) is 4.95. The van der Waals surface area contributed by atoms with Crippen LogP contribution in [0.1, 0.15) is 31.7 Å². The Morgan fingerprint density at radius 2 is 2.17 bits per heavy atom. The molecule has 0 spiro atoms. The number of anilines is 1. The average molecular weight is 244 g/mol. The molecule has 4 nitrogen and oxygen atoms in total. The van der Waals surface area contributed by atoms with Gasteiger partial charge in [-0.25, -0.2) is 4.98 Å². The van der Waals surface area contributed by atoms with Gasteiger partial charge in [0.15, 0.2) is 0 Å². The molecule has 4 heteroatoms. The summed E-state index contributed by atoms with van der Waals surface area (Å²) in [5.41, 5.74) is 0.601. The molecule has 1 N–H and O–H groups in total. The van der Waals surface area contributed by atoms with E-state index in [1.54, 1.807) is 12.3 Å². The summed E-state index contributed by atoms with van der Waals surface area (Å²) < 4.78 is 0. The molecule has 1 fully saturated rings. The molecular weight excluding hydrogens is 224 g/mol. The van der Waals surface area contributed by atoms with Crippen LogP contribution in [-0.2, 0) is 0 Å². The Morgan fingerprint density at radius 3 is 2.78 bits per heavy atom. The summed E-state index contributed by atoms with van der Waals surface area (Å²) in [6, 6.07) is 6.11. The van der Waals surface area contributed by atoms with Crippen LogP contribution in [0.3, 0.4) is 0 Å². The van der Waals surface area contributed by atoms with Crippen molar-refractivity contribution < 1.29 is 0 Å². The molecule has 1 aromatic rings. The lowest BCUT2D eigenvalue weighted by Crippen LogP contribution is -2.38. The van der Waals surface area contributed by atoms with Crippen LogP contribution in [0, 0.1) is 11.3 Å². The van der Waals surface area contributed by atoms with Gasteiger partial charge >= 0.3 is 0 Å². The van der Waals surface area contributed by atoms with Gasteiger partial charge in [-0.05, 0) is 45.0 Å². The Balaban J connectivity index is 1.82. The summed E-state index contributed by atoms with van der Waals surface area (Å²) in [6.45, 7) is 5.66. The molecule has 1 atom stereocenters. The van der Waals surface area contributed by atoms with Crippen LogP contribution in [-0.4, -0.2) is 35.6 Å². The lowest BCUT2D eigenvalue weighted by atomic mass is 10.1. The van der Waals surface area contributed by atoms with Gasteiger partial charge < -0.3 is 10.2 Å². The minimum absolute atomic E-state index is 0.378. The number of nitrogens with one attached hydrogen (secondary N) is 1. The number of hydrogen-bond acceptors (Lipinski definition) is 4. The number of hydrogen-bond donors (Lipinski definition) is 1. The maximum atomic E-state index is 8.71. The highest BCUT2D eigenvalue weighted by Gasteiger charge is 2.13. The number of nitriles is 1. The first-order valence-electron chi connectivity index (χ1n) is 6.63. The van der Waals surface area contributed by atoms with Crippen molar-refractivity contribution >= 4 is 5.82 Å². The van der Waals surface area contributed by atoms with E-state index in [2.05, 4.69) is 28.2 Å². The first-order valence-corrected chi connectivity index (χ1v) is 6.63. The Morgan fingerprint density at radius 1 is 1.39 bits per heavy atom. The fourth-order valence-electron chi connectivity index (χ4n) is 2.37. The maximum absolute atomic E-state index is 8.71. The van der Waals surface area contributed by atoms with Gasteiger partial charge in [-0.2, -0.15) is 5.26 Å². The maximum Gasteiger partial charge on any atom is 0.126 e. The summed E-state index contributed by atoms with van der Waals surface area (Å²) in [5.74, 6) is 0.846. The molecule has 18 heavy (non-hydrogen) atoms. The Labute approximate surface area is 109 Å². The lowest BCUT2D eigenvalue weighted by Gasteiger charge is -2.29. The zero-order valence-electron chi connectivity index (χ0n) is 10.9. The fraction of sp³-hybridized carbons (Fsp3) is 0.571. The van der Waals surface area contributed by atoms with Crippen molar-refractivity contribution in [2.24, 2.45) is 0 Å². The van der Waals surface area contributed by atoms with Crippen LogP contribution in [0.2, 0.25) is 0 Å². The molecular formula is C14H20N4. The molecule has 0 radical (unpaired) electrons. The van der Waals surface area contributed by atoms with Gasteiger partial charge in [0, 0.05) is 18.8 Å². The van der Waals surface area contributed by atoms with E-state index in [0.717, 1.165) is 12.4 Å². The van der Waals surface area contributed by atoms with Crippen LogP contribution < -0.4 is 5.32 Å². The van der Waals surface area contributed by atoms with Crippen LogP contribution >= 0.6 is 0 Å². The van der Waals surface area contributed by atoms with Gasteiger partial charge in [0.05, 0.1) is 5.56 Å². The van der Waals surface area contributed by atoms with Crippen molar-refractivity contribution in [3.63, 3.8) is 0 Å². The van der Waals surface area contributed by atoms with E-state index in [-0.39, 0.29) is 0 Å². The third-order valence-electron chi connectivity index (χ3n) is 3.27. The monoisotopic (exact) mass is 244 g/mol. The number of rotatable bonds is 4. The predicted octanol–water partition coefficient (Wildman–Crippen LogP) is 2.24. The van der Waals surface area contributed by atoms with Gasteiger partial charge in [-0.3, -0.25) is 0 Å². The number of pyridine rings is 1. The third-order valence-corrected chi connectivity index (χ3v) is 3.27. The topological polar surface area (TPSA) is 52.0 Å². The lowest BCUT2D eigenvalue weighted by molar-refractivity contribution is 0.223. The molecule has 0 saturated carbocycles. The molecule has 0 bridgehead atoms. The minimum atomic E-state index is 0.378. The highest BCUT2D eigenvalue weighted by Crippen LogP contribution is 2.11. The normalized spacial score (nSPS) is 18.0. The molecule has 96 valence electrons. The van der Waals surface area contributed by atoms with Crippen LogP contribution in [0.5, 0.6) is 0 Å². The summed E-state index contributed by atoms with van der Waals surface area (Å²) in [4.78, 5) is 6.74. The van der Waals surface area contributed by atoms with Crippen molar-refractivity contribution in [2.45, 2.75) is 32.2 Å². The van der Waals surface area contributed by atoms with Crippen molar-refractivity contribution in [2.75, 3.05) is 25.0 Å². The van der Waals surface area contributed by atoms with Crippen molar-refractivity contribution in [1.29, 1.82) is 5.26 Å². The predicted molar refractivity (Wildman–Crippen MR) is 72.3 cm³/mol. The Kier molecular flexibility index (Phi) is 4.54. The number of nitrogens with zero attached hydrogens (tertiary/aromatic N) is 3. The van der Waals surface area contributed by atoms with Gasteiger partial charge in [-0.1, -0.05) is 6.42 Å². The minimum Gasteiger partial charge on any atom is -0.366 e. The van der Waals surface area contributed by atoms with Crippen molar-refractivity contribution in [1.82, 2.24) is 9.88 Å². The highest BCUT2D eigenvalue weighted by atomic mass is 15.2. The van der Waals surface area contributed by atoms with E-state index in [1.807, 2.05) is 6.07 Å². The van der Waals surface area contributed by atoms with E-state index in [4.69, 9.17) is 5.26 Å². The zero-order valence-corrected chi connectivity index (χ0v) is 10.9. The Bertz CT molecular complexity index is 401. The van der Waals surface area contributed by atoms with Crippen molar-refractivity contribution in [3.8, 4) is 6.07 Å². The summed E-state index contributed by atoms with van der Waals surface area (Å²) in [5, 5.41) is 12.1. The van der Waals surface area contributed by atoms with Gasteiger partial charge in [0.1, 0.15) is 11.9 Å². The van der Waals surface area contributed by atoms with Gasteiger partial charge in [0.25, 0.3) is 0 Å². The molecule has 1 aromatic heterocycles. The summed E-state index contributed by atoms with van der Waals surface area (Å²) in [7, 11) is 0. The van der Waals surface area contributed by atoms with Gasteiger partial charge in [-0.15, -0.1) is 0 Å². The molecule has 1 saturated heterocycles. The van der Waals surface area contributed by atoms with Crippen molar-refractivity contribution in [3.05, 3.63) is 23.9 Å². The molecule has 1 aliphatic rings. The smallest absolute Gasteiger partial charge is 0.126 e. The standard InChI is InChI=1S/C14H20N4/c1-12(11-18-7-3-2-4-8-18)17-14-6-5-13(9-15)10-16-14/h5-6,10,12H,2-4,7-8,11H2,1H3,(H,16,17). The average Bonchev–Trinajstić information content (AvgIpc) is 2.40. The van der Waals surface area contributed by atoms with Crippen LogP contribution in [0.4, 0.5) is 5.82 Å². The molecule has 1 aliphatic heterocycles. The second kappa shape index (κ2) is 6.36. The van der Waals surface area contributed by atoms with Crippen LogP contribution in [0.15, 0.2) is 18.3 Å². The van der Waals surface area contributed by atoms with E-state index in [9.17, 15) is 0 Å².